The second-order valence-electron chi connectivity index (χ2n) is 4.62. The van der Waals surface area contributed by atoms with Crippen LogP contribution in [0.1, 0.15) is 13.3 Å². The Kier molecular flexibility index (Phi) is 6.07. The van der Waals surface area contributed by atoms with E-state index in [9.17, 15) is 9.59 Å². The van der Waals surface area contributed by atoms with Crippen molar-refractivity contribution in [3.8, 4) is 0 Å². The van der Waals surface area contributed by atoms with Crippen LogP contribution < -0.4 is 5.73 Å². The Morgan fingerprint density at radius 1 is 1.22 bits per heavy atom. The fourth-order valence-electron chi connectivity index (χ4n) is 2.08. The van der Waals surface area contributed by atoms with Crippen LogP contribution in [-0.2, 0) is 14.3 Å². The molecule has 18 heavy (non-hydrogen) atoms. The molecule has 1 aliphatic rings. The normalized spacial score (nSPS) is 17.7. The summed E-state index contributed by atoms with van der Waals surface area (Å²) >= 11 is 0. The van der Waals surface area contributed by atoms with Gasteiger partial charge in [0.25, 0.3) is 0 Å². The van der Waals surface area contributed by atoms with E-state index in [1.165, 1.54) is 7.11 Å². The number of rotatable bonds is 5. The smallest absolute Gasteiger partial charge is 0.248 e. The minimum atomic E-state index is -0.0313. The molecule has 2 amide bonds. The highest BCUT2D eigenvalue weighted by atomic mass is 16.5. The monoisotopic (exact) mass is 257 g/mol. The van der Waals surface area contributed by atoms with Gasteiger partial charge in [0, 0.05) is 39.2 Å². The topological polar surface area (TPSA) is 75.9 Å². The Morgan fingerprint density at radius 3 is 2.28 bits per heavy atom. The number of piperazine rings is 1. The molecule has 2 N–H and O–H groups in total. The van der Waals surface area contributed by atoms with Crippen molar-refractivity contribution in [2.24, 2.45) is 11.7 Å². The highest BCUT2D eigenvalue weighted by molar-refractivity contribution is 5.80. The summed E-state index contributed by atoms with van der Waals surface area (Å²) < 4.78 is 4.82. The average molecular weight is 257 g/mol. The van der Waals surface area contributed by atoms with Gasteiger partial charge in [-0.3, -0.25) is 9.59 Å². The summed E-state index contributed by atoms with van der Waals surface area (Å²) in [5, 5.41) is 0. The van der Waals surface area contributed by atoms with Gasteiger partial charge < -0.3 is 20.3 Å². The first-order valence-electron chi connectivity index (χ1n) is 6.35. The van der Waals surface area contributed by atoms with Crippen LogP contribution in [0.25, 0.3) is 0 Å². The molecule has 0 aromatic rings. The molecule has 0 aromatic carbocycles. The first-order valence-corrected chi connectivity index (χ1v) is 6.35. The van der Waals surface area contributed by atoms with Gasteiger partial charge in [0.15, 0.2) is 0 Å². The maximum Gasteiger partial charge on any atom is 0.248 e. The summed E-state index contributed by atoms with van der Waals surface area (Å²) in [6, 6.07) is 0. The number of hydrogen-bond acceptors (Lipinski definition) is 4. The summed E-state index contributed by atoms with van der Waals surface area (Å²) in [6.45, 7) is 4.91. The van der Waals surface area contributed by atoms with Crippen molar-refractivity contribution < 1.29 is 14.3 Å². The maximum absolute atomic E-state index is 12.0. The summed E-state index contributed by atoms with van der Waals surface area (Å²) in [4.78, 5) is 27.2. The van der Waals surface area contributed by atoms with Crippen molar-refractivity contribution in [2.75, 3.05) is 46.4 Å². The molecule has 1 unspecified atom stereocenters. The number of carbonyl (C=O) groups is 2. The van der Waals surface area contributed by atoms with Gasteiger partial charge in [0.1, 0.15) is 6.61 Å². The van der Waals surface area contributed by atoms with Crippen LogP contribution in [0.15, 0.2) is 0 Å². The Morgan fingerprint density at radius 2 is 1.78 bits per heavy atom. The number of nitrogens with zero attached hydrogens (tertiary/aromatic N) is 2. The zero-order valence-corrected chi connectivity index (χ0v) is 11.2. The van der Waals surface area contributed by atoms with Crippen LogP contribution in [0.3, 0.4) is 0 Å². The highest BCUT2D eigenvalue weighted by Crippen LogP contribution is 2.10. The molecular weight excluding hydrogens is 234 g/mol. The van der Waals surface area contributed by atoms with Gasteiger partial charge in [-0.05, 0) is 13.0 Å². The van der Waals surface area contributed by atoms with Crippen LogP contribution in [-0.4, -0.2) is 68.1 Å². The van der Waals surface area contributed by atoms with E-state index in [0.29, 0.717) is 39.1 Å². The van der Waals surface area contributed by atoms with E-state index in [0.717, 1.165) is 0 Å². The molecule has 0 spiro atoms. The largest absolute Gasteiger partial charge is 0.375 e. The van der Waals surface area contributed by atoms with E-state index in [1.54, 1.807) is 4.90 Å². The predicted octanol–water partition coefficient (Wildman–Crippen LogP) is -0.711. The standard InChI is InChI=1S/C12H23N3O3/c1-10(3-4-13)12(17)15-7-5-14(6-8-15)11(16)9-18-2/h10H,3-9,13H2,1-2H3. The molecule has 1 atom stereocenters. The lowest BCUT2D eigenvalue weighted by Crippen LogP contribution is -2.52. The van der Waals surface area contributed by atoms with E-state index in [1.807, 2.05) is 11.8 Å². The Balaban J connectivity index is 2.39. The van der Waals surface area contributed by atoms with Crippen molar-refractivity contribution >= 4 is 11.8 Å². The third kappa shape index (κ3) is 3.96. The van der Waals surface area contributed by atoms with Crippen molar-refractivity contribution in [2.45, 2.75) is 13.3 Å². The lowest BCUT2D eigenvalue weighted by atomic mass is 10.1. The fraction of sp³-hybridized carbons (Fsp3) is 0.833. The zero-order valence-electron chi connectivity index (χ0n) is 11.2. The molecule has 0 saturated carbocycles. The molecule has 1 fully saturated rings. The van der Waals surface area contributed by atoms with Crippen LogP contribution >= 0.6 is 0 Å². The Hall–Kier alpha value is -1.14. The van der Waals surface area contributed by atoms with Gasteiger partial charge >= 0.3 is 0 Å². The van der Waals surface area contributed by atoms with E-state index >= 15 is 0 Å². The minimum Gasteiger partial charge on any atom is -0.375 e. The van der Waals surface area contributed by atoms with Crippen molar-refractivity contribution in [3.05, 3.63) is 0 Å². The maximum atomic E-state index is 12.0. The van der Waals surface area contributed by atoms with Crippen molar-refractivity contribution in [1.82, 2.24) is 9.80 Å². The van der Waals surface area contributed by atoms with E-state index < -0.39 is 0 Å². The number of hydrogen-bond donors (Lipinski definition) is 1. The molecule has 1 aliphatic heterocycles. The first-order chi connectivity index (χ1) is 8.60. The average Bonchev–Trinajstić information content (AvgIpc) is 2.38. The summed E-state index contributed by atoms with van der Waals surface area (Å²) in [5.74, 6) is 0.0927. The molecule has 1 saturated heterocycles. The van der Waals surface area contributed by atoms with Gasteiger partial charge in [0.05, 0.1) is 0 Å². The van der Waals surface area contributed by atoms with E-state index in [4.69, 9.17) is 10.5 Å². The van der Waals surface area contributed by atoms with E-state index in [-0.39, 0.29) is 24.3 Å². The number of ether oxygens (including phenoxy) is 1. The van der Waals surface area contributed by atoms with Crippen LogP contribution in [0.2, 0.25) is 0 Å². The lowest BCUT2D eigenvalue weighted by Gasteiger charge is -2.35. The minimum absolute atomic E-state index is 0.0143. The molecule has 0 bridgehead atoms. The zero-order chi connectivity index (χ0) is 13.5. The SMILES string of the molecule is COCC(=O)N1CCN(C(=O)C(C)CCN)CC1. The second-order valence-corrected chi connectivity index (χ2v) is 4.62. The van der Waals surface area contributed by atoms with Gasteiger partial charge in [-0.25, -0.2) is 0 Å². The van der Waals surface area contributed by atoms with E-state index in [2.05, 4.69) is 0 Å². The summed E-state index contributed by atoms with van der Waals surface area (Å²) in [7, 11) is 1.51. The number of carbonyl (C=O) groups excluding carboxylic acids is 2. The van der Waals surface area contributed by atoms with Crippen LogP contribution in [0.4, 0.5) is 0 Å². The van der Waals surface area contributed by atoms with Crippen molar-refractivity contribution in [3.63, 3.8) is 0 Å². The Labute approximate surface area is 108 Å². The second kappa shape index (κ2) is 7.33. The first kappa shape index (κ1) is 14.9. The molecule has 1 heterocycles. The molecule has 6 heteroatoms. The van der Waals surface area contributed by atoms with Gasteiger partial charge in [-0.15, -0.1) is 0 Å². The summed E-state index contributed by atoms with van der Waals surface area (Å²) in [6.07, 6.45) is 0.710. The van der Waals surface area contributed by atoms with Crippen molar-refractivity contribution in [1.29, 1.82) is 0 Å². The number of amides is 2. The molecule has 0 aromatic heterocycles. The molecule has 0 aliphatic carbocycles. The highest BCUT2D eigenvalue weighted by Gasteiger charge is 2.26. The Bertz CT molecular complexity index is 288. The number of methoxy groups -OCH3 is 1. The predicted molar refractivity (Wildman–Crippen MR) is 67.9 cm³/mol. The molecule has 104 valence electrons. The summed E-state index contributed by atoms with van der Waals surface area (Å²) in [5.41, 5.74) is 5.45. The molecular formula is C12H23N3O3. The van der Waals surface area contributed by atoms with Gasteiger partial charge in [-0.1, -0.05) is 6.92 Å². The third-order valence-electron chi connectivity index (χ3n) is 3.23. The van der Waals surface area contributed by atoms with Crippen LogP contribution in [0.5, 0.6) is 0 Å². The van der Waals surface area contributed by atoms with Crippen LogP contribution in [0, 0.1) is 5.92 Å². The van der Waals surface area contributed by atoms with Gasteiger partial charge in [-0.2, -0.15) is 0 Å². The molecule has 6 nitrogen and oxygen atoms in total. The fourth-order valence-corrected chi connectivity index (χ4v) is 2.08. The third-order valence-corrected chi connectivity index (χ3v) is 3.23. The molecule has 0 radical (unpaired) electrons. The molecule has 1 rings (SSSR count). The lowest BCUT2D eigenvalue weighted by molar-refractivity contribution is -0.143. The van der Waals surface area contributed by atoms with Gasteiger partial charge in [0.2, 0.25) is 11.8 Å². The quantitative estimate of drug-likeness (QED) is 0.706. The number of nitrogens with two attached hydrogens (primary N) is 1.